The Morgan fingerprint density at radius 2 is 1.78 bits per heavy atom. The average molecular weight is 746 g/mol. The molecule has 1 atom stereocenters. The molecule has 11 nitrogen and oxygen atoms in total. The molecule has 1 aliphatic heterocycles. The molecule has 252 valence electrons. The van der Waals surface area contributed by atoms with Crippen molar-refractivity contribution >= 4 is 62.1 Å². The molecule has 0 spiro atoms. The number of nitrogens with zero attached hydrogens (tertiary/aromatic N) is 2. The van der Waals surface area contributed by atoms with E-state index in [-0.39, 0.29) is 23.0 Å². The molecule has 6 rings (SSSR count). The minimum absolute atomic E-state index is 0.0477. The number of allylic oxidation sites excluding steroid dienone is 1. The fraction of sp³-hybridized carbons (Fsp3) is 0.250. The number of carbonyl (C=O) groups is 4. The molecule has 0 bridgehead atoms. The van der Waals surface area contributed by atoms with E-state index in [1.54, 1.807) is 13.2 Å². The summed E-state index contributed by atoms with van der Waals surface area (Å²) in [5.74, 6) is -3.92. The molecule has 0 saturated carbocycles. The van der Waals surface area contributed by atoms with E-state index in [0.717, 1.165) is 50.2 Å². The predicted molar refractivity (Wildman–Crippen MR) is 189 cm³/mol. The van der Waals surface area contributed by atoms with Gasteiger partial charge in [-0.2, -0.15) is 0 Å². The van der Waals surface area contributed by atoms with Crippen LogP contribution in [0.2, 0.25) is 0 Å². The molecule has 0 fully saturated rings. The second-order valence-corrected chi connectivity index (χ2v) is 14.0. The number of hydrogen-bond acceptors (Lipinski definition) is 8. The molecule has 2 aliphatic rings. The summed E-state index contributed by atoms with van der Waals surface area (Å²) in [4.78, 5) is 57.7. The van der Waals surface area contributed by atoms with Crippen molar-refractivity contribution in [3.63, 3.8) is 0 Å². The highest BCUT2D eigenvalue weighted by Gasteiger charge is 2.36. The zero-order valence-electron chi connectivity index (χ0n) is 26.7. The van der Waals surface area contributed by atoms with Gasteiger partial charge in [0.05, 0.1) is 30.0 Å². The predicted octanol–water partition coefficient (Wildman–Crippen LogP) is 6.06. The number of ether oxygens (including phenoxy) is 1. The fourth-order valence-corrected chi connectivity index (χ4v) is 7.99. The monoisotopic (exact) mass is 744 g/mol. The van der Waals surface area contributed by atoms with Gasteiger partial charge in [0.25, 0.3) is 5.91 Å². The Bertz CT molecular complexity index is 1990. The number of methoxy groups -OCH3 is 1. The standard InChI is InChI=1S/C36H33BrN4O7S/c1-19-3-7-21(8-4-19)28-16-26(25-15-22(37)9-12-27(25)39-28)32(42)38-17-29-31-24(30(35(44)45)34(49-31)40-33(43)36(46)47)13-14-41(29)18-20-5-10-23(48-2)11-6-20/h3-8,10-11,15-16,29H,9,12-14,17-18H2,1-2H3,(H,38,42)(H,40,43)(H,44,45)(H,46,47). The number of nitrogens with one attached hydrogen (secondary N) is 2. The largest absolute Gasteiger partial charge is 0.497 e. The van der Waals surface area contributed by atoms with Gasteiger partial charge in [0.1, 0.15) is 10.8 Å². The maximum absolute atomic E-state index is 14.1. The third-order valence-electron chi connectivity index (χ3n) is 8.70. The van der Waals surface area contributed by atoms with Crippen molar-refractivity contribution in [1.82, 2.24) is 15.2 Å². The molecule has 2 aromatic carbocycles. The second kappa shape index (κ2) is 14.3. The van der Waals surface area contributed by atoms with Gasteiger partial charge >= 0.3 is 17.8 Å². The Morgan fingerprint density at radius 3 is 2.45 bits per heavy atom. The molecule has 4 N–H and O–H groups in total. The van der Waals surface area contributed by atoms with Gasteiger partial charge in [0.2, 0.25) is 0 Å². The number of benzene rings is 2. The number of rotatable bonds is 9. The number of aryl methyl sites for hydroxylation is 2. The van der Waals surface area contributed by atoms with Gasteiger partial charge in [-0.1, -0.05) is 57.9 Å². The van der Waals surface area contributed by atoms with Crippen LogP contribution in [0.5, 0.6) is 5.75 Å². The molecule has 1 aliphatic carbocycles. The second-order valence-electron chi connectivity index (χ2n) is 11.9. The lowest BCUT2D eigenvalue weighted by Crippen LogP contribution is -2.41. The van der Waals surface area contributed by atoms with Crippen LogP contribution in [0, 0.1) is 6.92 Å². The number of pyridine rings is 1. The summed E-state index contributed by atoms with van der Waals surface area (Å²) in [6, 6.07) is 16.9. The number of aromatic carboxylic acids is 1. The SMILES string of the molecule is COc1ccc(CN2CCc3c(sc(NC(=O)C(=O)O)c3C(=O)O)C2CNC(=O)c2cc(-c3ccc(C)cc3)nc3c2C=C(Br)CC3)cc1. The number of fused-ring (bicyclic) bond motifs is 2. The highest BCUT2D eigenvalue weighted by molar-refractivity contribution is 9.11. The number of carboxylic acids is 2. The van der Waals surface area contributed by atoms with Gasteiger partial charge in [0, 0.05) is 41.3 Å². The fourth-order valence-electron chi connectivity index (χ4n) is 6.20. The molecule has 0 saturated heterocycles. The van der Waals surface area contributed by atoms with Gasteiger partial charge in [-0.25, -0.2) is 9.59 Å². The number of aromatic nitrogens is 1. The maximum atomic E-state index is 14.1. The first-order valence-electron chi connectivity index (χ1n) is 15.6. The minimum Gasteiger partial charge on any atom is -0.497 e. The van der Waals surface area contributed by atoms with Gasteiger partial charge in [-0.05, 0) is 66.1 Å². The first-order valence-corrected chi connectivity index (χ1v) is 17.2. The molecular formula is C36H33BrN4O7S. The highest BCUT2D eigenvalue weighted by Crippen LogP contribution is 2.43. The summed E-state index contributed by atoms with van der Waals surface area (Å²) < 4.78 is 6.28. The molecule has 0 radical (unpaired) electrons. The maximum Gasteiger partial charge on any atom is 0.394 e. The van der Waals surface area contributed by atoms with Crippen LogP contribution < -0.4 is 15.4 Å². The van der Waals surface area contributed by atoms with Gasteiger partial charge < -0.3 is 25.6 Å². The van der Waals surface area contributed by atoms with Crippen LogP contribution in [0.4, 0.5) is 5.00 Å². The van der Waals surface area contributed by atoms with Crippen molar-refractivity contribution < 1.29 is 34.1 Å². The Labute approximate surface area is 294 Å². The van der Waals surface area contributed by atoms with Crippen molar-refractivity contribution in [1.29, 1.82) is 0 Å². The van der Waals surface area contributed by atoms with Gasteiger partial charge in [0.15, 0.2) is 0 Å². The third kappa shape index (κ3) is 7.28. The van der Waals surface area contributed by atoms with E-state index < -0.39 is 23.9 Å². The van der Waals surface area contributed by atoms with E-state index >= 15 is 0 Å². The summed E-state index contributed by atoms with van der Waals surface area (Å²) in [7, 11) is 1.59. The van der Waals surface area contributed by atoms with E-state index in [2.05, 4.69) is 31.5 Å². The van der Waals surface area contributed by atoms with Crippen molar-refractivity contribution in [2.45, 2.75) is 38.8 Å². The quantitative estimate of drug-likeness (QED) is 0.150. The zero-order valence-corrected chi connectivity index (χ0v) is 29.1. The highest BCUT2D eigenvalue weighted by atomic mass is 79.9. The third-order valence-corrected chi connectivity index (χ3v) is 10.6. The summed E-state index contributed by atoms with van der Waals surface area (Å²) >= 11 is 4.62. The van der Waals surface area contributed by atoms with Crippen LogP contribution in [0.1, 0.15) is 66.0 Å². The van der Waals surface area contributed by atoms with Gasteiger partial charge in [-0.3, -0.25) is 19.5 Å². The Kier molecular flexibility index (Phi) is 9.95. The number of carbonyl (C=O) groups excluding carboxylic acids is 2. The number of hydrogen-bond donors (Lipinski definition) is 4. The van der Waals surface area contributed by atoms with E-state index in [1.807, 2.05) is 61.5 Å². The van der Waals surface area contributed by atoms with Crippen molar-refractivity contribution in [2.24, 2.45) is 0 Å². The first-order chi connectivity index (χ1) is 23.5. The van der Waals surface area contributed by atoms with Gasteiger partial charge in [-0.15, -0.1) is 11.3 Å². The van der Waals surface area contributed by atoms with E-state index in [0.29, 0.717) is 53.4 Å². The Morgan fingerprint density at radius 1 is 1.04 bits per heavy atom. The molecule has 3 heterocycles. The topological polar surface area (TPSA) is 158 Å². The smallest absolute Gasteiger partial charge is 0.394 e. The van der Waals surface area contributed by atoms with Crippen LogP contribution >= 0.6 is 27.3 Å². The van der Waals surface area contributed by atoms with Crippen molar-refractivity contribution in [2.75, 3.05) is 25.5 Å². The van der Waals surface area contributed by atoms with Crippen molar-refractivity contribution in [3.05, 3.63) is 103 Å². The molecule has 2 amide bonds. The molecule has 1 unspecified atom stereocenters. The molecule has 13 heteroatoms. The summed E-state index contributed by atoms with van der Waals surface area (Å²) in [6.07, 6.45) is 3.73. The summed E-state index contributed by atoms with van der Waals surface area (Å²) in [5.41, 5.74) is 6.12. The van der Waals surface area contributed by atoms with Crippen LogP contribution in [-0.4, -0.2) is 64.0 Å². The number of anilines is 1. The van der Waals surface area contributed by atoms with Crippen LogP contribution in [0.25, 0.3) is 17.3 Å². The number of aliphatic carboxylic acids is 1. The lowest BCUT2D eigenvalue weighted by Gasteiger charge is -2.36. The number of carboxylic acid groups (broad SMARTS) is 2. The number of amides is 2. The molecule has 2 aromatic heterocycles. The average Bonchev–Trinajstić information content (AvgIpc) is 3.46. The lowest BCUT2D eigenvalue weighted by atomic mass is 9.94. The Hall–Kier alpha value is -4.85. The summed E-state index contributed by atoms with van der Waals surface area (Å²) in [5, 5.41) is 24.7. The zero-order chi connectivity index (χ0) is 34.8. The number of halogens is 1. The van der Waals surface area contributed by atoms with Crippen LogP contribution in [-0.2, 0) is 29.0 Å². The lowest BCUT2D eigenvalue weighted by molar-refractivity contribution is -0.147. The normalized spacial score (nSPS) is 15.4. The van der Waals surface area contributed by atoms with Crippen molar-refractivity contribution in [3.8, 4) is 17.0 Å². The molecular weight excluding hydrogens is 712 g/mol. The van der Waals surface area contributed by atoms with Crippen LogP contribution in [0.3, 0.4) is 0 Å². The summed E-state index contributed by atoms with van der Waals surface area (Å²) in [6.45, 7) is 3.07. The number of thiophene rings is 1. The molecule has 4 aromatic rings. The first kappa shape index (κ1) is 34.0. The van der Waals surface area contributed by atoms with E-state index in [4.69, 9.17) is 9.72 Å². The Balaban J connectivity index is 1.36. The minimum atomic E-state index is -1.72. The van der Waals surface area contributed by atoms with E-state index in [9.17, 15) is 29.4 Å². The van der Waals surface area contributed by atoms with E-state index in [1.165, 1.54) is 0 Å². The van der Waals surface area contributed by atoms with Crippen LogP contribution in [0.15, 0.2) is 59.1 Å². The molecule has 49 heavy (non-hydrogen) atoms.